The van der Waals surface area contributed by atoms with Gasteiger partial charge in [0, 0.05) is 19.1 Å². The largest absolute Gasteiger partial charge is 0.444 e. The first-order valence-corrected chi connectivity index (χ1v) is 10.2. The van der Waals surface area contributed by atoms with Crippen molar-refractivity contribution < 1.29 is 17.9 Å². The van der Waals surface area contributed by atoms with Crippen LogP contribution in [-0.4, -0.2) is 43.5 Å². The summed E-state index contributed by atoms with van der Waals surface area (Å²) in [6.45, 7) is 8.08. The van der Waals surface area contributed by atoms with E-state index in [1.165, 1.54) is 4.31 Å². The number of hydrogen-bond donors (Lipinski definition) is 1. The third-order valence-corrected chi connectivity index (χ3v) is 5.89. The Balaban J connectivity index is 2.00. The van der Waals surface area contributed by atoms with Crippen LogP contribution in [0.25, 0.3) is 0 Å². The van der Waals surface area contributed by atoms with Crippen LogP contribution in [0.5, 0.6) is 0 Å². The smallest absolute Gasteiger partial charge is 0.407 e. The highest BCUT2D eigenvalue weighted by Gasteiger charge is 2.30. The molecule has 1 aromatic carbocycles. The first kappa shape index (κ1) is 19.7. The SMILES string of the molecule is Cc1ccccc1CS(=O)(=O)N1CCCC(NC(=O)OC(C)(C)C)C1. The zero-order chi connectivity index (χ0) is 18.7. The highest BCUT2D eigenvalue weighted by molar-refractivity contribution is 7.88. The van der Waals surface area contributed by atoms with E-state index in [1.807, 2.05) is 31.2 Å². The van der Waals surface area contributed by atoms with Crippen molar-refractivity contribution in [3.05, 3.63) is 35.4 Å². The lowest BCUT2D eigenvalue weighted by atomic mass is 10.1. The van der Waals surface area contributed by atoms with E-state index in [4.69, 9.17) is 4.74 Å². The molecule has 0 aromatic heterocycles. The minimum Gasteiger partial charge on any atom is -0.444 e. The van der Waals surface area contributed by atoms with Gasteiger partial charge in [-0.05, 0) is 51.7 Å². The Bertz CT molecular complexity index is 710. The zero-order valence-electron chi connectivity index (χ0n) is 15.4. The van der Waals surface area contributed by atoms with Gasteiger partial charge in [0.25, 0.3) is 0 Å². The van der Waals surface area contributed by atoms with Crippen molar-refractivity contribution >= 4 is 16.1 Å². The fraction of sp³-hybridized carbons (Fsp3) is 0.611. The van der Waals surface area contributed by atoms with Crippen LogP contribution < -0.4 is 5.32 Å². The Kier molecular flexibility index (Phi) is 6.11. The maximum Gasteiger partial charge on any atom is 0.407 e. The molecular weight excluding hydrogens is 340 g/mol. The predicted molar refractivity (Wildman–Crippen MR) is 97.8 cm³/mol. The normalized spacial score (nSPS) is 19.4. The number of carbonyl (C=O) groups is 1. The molecule has 0 radical (unpaired) electrons. The van der Waals surface area contributed by atoms with Crippen molar-refractivity contribution in [3.63, 3.8) is 0 Å². The molecule has 7 heteroatoms. The van der Waals surface area contributed by atoms with Crippen molar-refractivity contribution in [3.8, 4) is 0 Å². The van der Waals surface area contributed by atoms with Crippen molar-refractivity contribution in [2.24, 2.45) is 0 Å². The molecule has 6 nitrogen and oxygen atoms in total. The highest BCUT2D eigenvalue weighted by Crippen LogP contribution is 2.19. The summed E-state index contributed by atoms with van der Waals surface area (Å²) in [5.41, 5.74) is 1.20. The van der Waals surface area contributed by atoms with Crippen LogP contribution >= 0.6 is 0 Å². The topological polar surface area (TPSA) is 75.7 Å². The number of nitrogens with one attached hydrogen (secondary N) is 1. The molecule has 1 aliphatic heterocycles. The minimum absolute atomic E-state index is 0.0150. The van der Waals surface area contributed by atoms with Crippen LogP contribution in [0, 0.1) is 6.92 Å². The molecule has 140 valence electrons. The average molecular weight is 368 g/mol. The Morgan fingerprint density at radius 3 is 2.64 bits per heavy atom. The van der Waals surface area contributed by atoms with Crippen molar-refractivity contribution in [1.29, 1.82) is 0 Å². The first-order valence-electron chi connectivity index (χ1n) is 8.59. The maximum absolute atomic E-state index is 12.7. The van der Waals surface area contributed by atoms with Crippen LogP contribution in [0.15, 0.2) is 24.3 Å². The first-order chi connectivity index (χ1) is 11.6. The second-order valence-electron chi connectivity index (χ2n) is 7.53. The minimum atomic E-state index is -3.42. The standard InChI is InChI=1S/C18H28N2O4S/c1-14-8-5-6-9-15(14)13-25(22,23)20-11-7-10-16(12-20)19-17(21)24-18(2,3)4/h5-6,8-9,16H,7,10-13H2,1-4H3,(H,19,21). The fourth-order valence-electron chi connectivity index (χ4n) is 2.85. The summed E-state index contributed by atoms with van der Waals surface area (Å²) in [6, 6.07) is 7.27. The Morgan fingerprint density at radius 1 is 1.32 bits per heavy atom. The van der Waals surface area contributed by atoms with Gasteiger partial charge in [-0.1, -0.05) is 24.3 Å². The van der Waals surface area contributed by atoms with Gasteiger partial charge in [-0.15, -0.1) is 0 Å². The number of ether oxygens (including phenoxy) is 1. The number of nitrogens with zero attached hydrogens (tertiary/aromatic N) is 1. The van der Waals surface area contributed by atoms with Gasteiger partial charge >= 0.3 is 6.09 Å². The molecule has 2 rings (SSSR count). The molecule has 0 bridgehead atoms. The lowest BCUT2D eigenvalue weighted by Gasteiger charge is -2.33. The zero-order valence-corrected chi connectivity index (χ0v) is 16.2. The average Bonchev–Trinajstić information content (AvgIpc) is 2.48. The van der Waals surface area contributed by atoms with E-state index in [9.17, 15) is 13.2 Å². The summed E-state index contributed by atoms with van der Waals surface area (Å²) in [5, 5.41) is 2.79. The van der Waals surface area contributed by atoms with Crippen LogP contribution in [0.1, 0.15) is 44.7 Å². The molecule has 25 heavy (non-hydrogen) atoms. The number of aryl methyl sites for hydroxylation is 1. The predicted octanol–water partition coefficient (Wildman–Crippen LogP) is 2.81. The number of amides is 1. The summed E-state index contributed by atoms with van der Waals surface area (Å²) in [4.78, 5) is 11.9. The summed E-state index contributed by atoms with van der Waals surface area (Å²) in [7, 11) is -3.42. The van der Waals surface area contributed by atoms with E-state index in [2.05, 4.69) is 5.32 Å². The van der Waals surface area contributed by atoms with Crippen molar-refractivity contribution in [2.45, 2.75) is 57.9 Å². The van der Waals surface area contributed by atoms with Crippen LogP contribution in [0.3, 0.4) is 0 Å². The molecule has 0 saturated carbocycles. The number of alkyl carbamates (subject to hydrolysis) is 1. The summed E-state index contributed by atoms with van der Waals surface area (Å²) in [5.74, 6) is -0.0150. The van der Waals surface area contributed by atoms with Gasteiger partial charge in [-0.2, -0.15) is 4.31 Å². The summed E-state index contributed by atoms with van der Waals surface area (Å²) in [6.07, 6.45) is 0.957. The van der Waals surface area contributed by atoms with Crippen molar-refractivity contribution in [2.75, 3.05) is 13.1 Å². The van der Waals surface area contributed by atoms with E-state index >= 15 is 0 Å². The third kappa shape index (κ3) is 6.01. The second kappa shape index (κ2) is 7.74. The van der Waals surface area contributed by atoms with Gasteiger partial charge in [-0.3, -0.25) is 0 Å². The van der Waals surface area contributed by atoms with E-state index in [0.717, 1.165) is 17.5 Å². The summed E-state index contributed by atoms with van der Waals surface area (Å²) >= 11 is 0. The Hall–Kier alpha value is -1.60. The van der Waals surface area contributed by atoms with Gasteiger partial charge in [0.15, 0.2) is 0 Å². The van der Waals surface area contributed by atoms with Gasteiger partial charge < -0.3 is 10.1 Å². The molecule has 1 saturated heterocycles. The molecule has 1 aromatic rings. The van der Waals surface area contributed by atoms with E-state index in [0.29, 0.717) is 13.0 Å². The van der Waals surface area contributed by atoms with E-state index in [1.54, 1.807) is 20.8 Å². The van der Waals surface area contributed by atoms with Crippen LogP contribution in [-0.2, 0) is 20.5 Å². The maximum atomic E-state index is 12.7. The third-order valence-electron chi connectivity index (χ3n) is 4.10. The molecule has 1 amide bonds. The lowest BCUT2D eigenvalue weighted by molar-refractivity contribution is 0.0487. The molecule has 1 aliphatic rings. The molecular formula is C18H28N2O4S. The van der Waals surface area contributed by atoms with E-state index in [-0.39, 0.29) is 18.3 Å². The molecule has 0 aliphatic carbocycles. The van der Waals surface area contributed by atoms with Gasteiger partial charge in [0.2, 0.25) is 10.0 Å². The molecule has 1 unspecified atom stereocenters. The van der Waals surface area contributed by atoms with Crippen LogP contribution in [0.2, 0.25) is 0 Å². The fourth-order valence-corrected chi connectivity index (χ4v) is 4.56. The lowest BCUT2D eigenvalue weighted by Crippen LogP contribution is -2.50. The second-order valence-corrected chi connectivity index (χ2v) is 9.50. The van der Waals surface area contributed by atoms with Gasteiger partial charge in [0.1, 0.15) is 5.60 Å². The number of rotatable bonds is 4. The molecule has 1 N–H and O–H groups in total. The van der Waals surface area contributed by atoms with E-state index < -0.39 is 21.7 Å². The Morgan fingerprint density at radius 2 is 2.00 bits per heavy atom. The number of piperidine rings is 1. The molecule has 0 spiro atoms. The number of benzene rings is 1. The Labute approximate surface area is 150 Å². The molecule has 1 fully saturated rings. The summed E-state index contributed by atoms with van der Waals surface area (Å²) < 4.78 is 32.2. The van der Waals surface area contributed by atoms with Gasteiger partial charge in [-0.25, -0.2) is 13.2 Å². The quantitative estimate of drug-likeness (QED) is 0.887. The number of hydrogen-bond acceptors (Lipinski definition) is 4. The van der Waals surface area contributed by atoms with Gasteiger partial charge in [0.05, 0.1) is 5.75 Å². The molecule has 1 heterocycles. The monoisotopic (exact) mass is 368 g/mol. The molecule has 1 atom stereocenters. The highest BCUT2D eigenvalue weighted by atomic mass is 32.2. The van der Waals surface area contributed by atoms with Crippen molar-refractivity contribution in [1.82, 2.24) is 9.62 Å². The van der Waals surface area contributed by atoms with Crippen LogP contribution in [0.4, 0.5) is 4.79 Å². The number of carbonyl (C=O) groups excluding carboxylic acids is 1. The number of sulfonamides is 1.